The third-order valence-corrected chi connectivity index (χ3v) is 12.7. The molecule has 288 valence electrons. The Morgan fingerprint density at radius 3 is 2.36 bits per heavy atom. The number of nitrogens with zero attached hydrogens (tertiary/aromatic N) is 2. The Morgan fingerprint density at radius 2 is 1.57 bits per heavy atom. The molecule has 1 N–H and O–H groups in total. The van der Waals surface area contributed by atoms with Crippen molar-refractivity contribution in [1.29, 1.82) is 0 Å². The number of unbranched alkanes of at least 4 members (excludes halogenated alkanes) is 2. The van der Waals surface area contributed by atoms with Gasteiger partial charge in [0.25, 0.3) is 10.1 Å². The van der Waals surface area contributed by atoms with Crippen LogP contribution in [0.15, 0.2) is 156 Å². The molecule has 0 radical (unpaired) electrons. The zero-order valence-corrected chi connectivity index (χ0v) is 34.0. The number of thiol groups is 1. The second-order valence-corrected chi connectivity index (χ2v) is 17.5. The van der Waals surface area contributed by atoms with Gasteiger partial charge in [0, 0.05) is 59.1 Å². The van der Waals surface area contributed by atoms with Crippen molar-refractivity contribution in [2.45, 2.75) is 39.2 Å². The first kappa shape index (κ1) is 40.7. The Hall–Kier alpha value is -5.00. The first-order chi connectivity index (χ1) is 27.0. The topological polar surface area (TPSA) is 95.6 Å². The minimum Gasteiger partial charge on any atom is -0.341 e. The Bertz CT molecular complexity index is 2580. The monoisotopic (exact) mass is 803 g/mol. The molecular formula is C46H47N2O5S3+. The van der Waals surface area contributed by atoms with Gasteiger partial charge in [-0.25, -0.2) is 8.42 Å². The summed E-state index contributed by atoms with van der Waals surface area (Å²) in [6, 6.07) is 28.1. The van der Waals surface area contributed by atoms with Crippen LogP contribution in [0.25, 0.3) is 34.2 Å². The first-order valence-corrected chi connectivity index (χ1v) is 22.5. The van der Waals surface area contributed by atoms with Crippen LogP contribution in [0.5, 0.6) is 0 Å². The molecule has 0 spiro atoms. The van der Waals surface area contributed by atoms with Crippen molar-refractivity contribution in [2.75, 3.05) is 23.0 Å². The highest BCUT2D eigenvalue weighted by Gasteiger charge is 2.34. The molecule has 3 aromatic carbocycles. The molecule has 0 amide bonds. The van der Waals surface area contributed by atoms with Crippen LogP contribution in [0.3, 0.4) is 0 Å². The van der Waals surface area contributed by atoms with E-state index in [9.17, 15) is 21.4 Å². The Kier molecular flexibility index (Phi) is 13.3. The van der Waals surface area contributed by atoms with E-state index in [1.807, 2.05) is 110 Å². The highest BCUT2D eigenvalue weighted by atomic mass is 32.2. The van der Waals surface area contributed by atoms with Crippen LogP contribution in [0.1, 0.15) is 55.0 Å². The number of aromatic nitrogens is 1. The second-order valence-electron chi connectivity index (χ2n) is 13.6. The zero-order valence-electron chi connectivity index (χ0n) is 31.5. The molecule has 0 saturated heterocycles. The summed E-state index contributed by atoms with van der Waals surface area (Å²) in [5, 5.41) is 1.12. The van der Waals surface area contributed by atoms with Gasteiger partial charge < -0.3 is 4.90 Å². The number of rotatable bonds is 16. The SMILES string of the molecule is C=C(/C=C\C=C/C)S(=O)(=O)C1=C(/C=C/c2ccc3ccccc3[n+]2CCCCS)c2ccccc2/C1=C\C=C1/C=Cc2ccccc2N1CCCCS(=O)(=O)O. The minimum atomic E-state index is -4.11. The largest absolute Gasteiger partial charge is 0.341 e. The Morgan fingerprint density at radius 1 is 0.821 bits per heavy atom. The van der Waals surface area contributed by atoms with Gasteiger partial charge in [0.1, 0.15) is 6.54 Å². The van der Waals surface area contributed by atoms with E-state index in [4.69, 9.17) is 0 Å². The molecule has 1 aliphatic heterocycles. The summed E-state index contributed by atoms with van der Waals surface area (Å²) in [6.45, 7) is 7.17. The lowest BCUT2D eigenvalue weighted by molar-refractivity contribution is -0.673. The van der Waals surface area contributed by atoms with Crippen molar-refractivity contribution in [3.05, 3.63) is 178 Å². The normalized spacial score (nSPS) is 16.0. The summed E-state index contributed by atoms with van der Waals surface area (Å²) in [5.41, 5.74) is 7.53. The van der Waals surface area contributed by atoms with E-state index in [1.165, 1.54) is 6.08 Å². The van der Waals surface area contributed by atoms with Gasteiger partial charge in [0.2, 0.25) is 21.0 Å². The second kappa shape index (κ2) is 18.3. The van der Waals surface area contributed by atoms with Crippen molar-refractivity contribution < 1.29 is 26.0 Å². The maximum Gasteiger partial charge on any atom is 0.264 e. The number of hydrogen-bond acceptors (Lipinski definition) is 6. The zero-order chi connectivity index (χ0) is 39.7. The lowest BCUT2D eigenvalue weighted by Gasteiger charge is -2.30. The van der Waals surface area contributed by atoms with Crippen LogP contribution in [0.2, 0.25) is 0 Å². The predicted octanol–water partition coefficient (Wildman–Crippen LogP) is 9.80. The van der Waals surface area contributed by atoms with Gasteiger partial charge in [0.15, 0.2) is 0 Å². The summed E-state index contributed by atoms with van der Waals surface area (Å²) in [7, 11) is -8.19. The van der Waals surface area contributed by atoms with E-state index >= 15 is 0 Å². The van der Waals surface area contributed by atoms with Gasteiger partial charge in [-0.3, -0.25) is 4.55 Å². The quantitative estimate of drug-likeness (QED) is 0.0385. The van der Waals surface area contributed by atoms with Crippen LogP contribution in [-0.2, 0) is 26.5 Å². The van der Waals surface area contributed by atoms with Crippen molar-refractivity contribution in [3.63, 3.8) is 0 Å². The van der Waals surface area contributed by atoms with Gasteiger partial charge in [-0.1, -0.05) is 91.6 Å². The fourth-order valence-corrected chi connectivity index (χ4v) is 9.33. The molecule has 10 heteroatoms. The summed E-state index contributed by atoms with van der Waals surface area (Å²) in [5.74, 6) is 0.481. The van der Waals surface area contributed by atoms with E-state index in [1.54, 1.807) is 12.2 Å². The molecule has 0 saturated carbocycles. The molecule has 1 aliphatic carbocycles. The van der Waals surface area contributed by atoms with E-state index < -0.39 is 20.0 Å². The average molecular weight is 804 g/mol. The van der Waals surface area contributed by atoms with Crippen LogP contribution < -0.4 is 9.47 Å². The van der Waals surface area contributed by atoms with Gasteiger partial charge >= 0.3 is 0 Å². The number of allylic oxidation sites excluding steroid dienone is 10. The lowest BCUT2D eigenvalue weighted by Crippen LogP contribution is -2.38. The van der Waals surface area contributed by atoms with Crippen LogP contribution in [0.4, 0.5) is 5.69 Å². The van der Waals surface area contributed by atoms with Crippen LogP contribution >= 0.6 is 12.6 Å². The number of fused-ring (bicyclic) bond motifs is 3. The van der Waals surface area contributed by atoms with Gasteiger partial charge in [-0.05, 0) is 91.1 Å². The number of benzene rings is 3. The lowest BCUT2D eigenvalue weighted by atomic mass is 10.0. The molecule has 0 fully saturated rings. The summed E-state index contributed by atoms with van der Waals surface area (Å²) >= 11 is 4.43. The fourth-order valence-electron chi connectivity index (χ4n) is 7.08. The van der Waals surface area contributed by atoms with E-state index in [0.29, 0.717) is 30.5 Å². The number of sulfone groups is 1. The van der Waals surface area contributed by atoms with Crippen molar-refractivity contribution in [1.82, 2.24) is 0 Å². The maximum absolute atomic E-state index is 14.7. The smallest absolute Gasteiger partial charge is 0.264 e. The molecule has 0 atom stereocenters. The molecule has 2 aliphatic rings. The third-order valence-electron chi connectivity index (χ3n) is 9.81. The minimum absolute atomic E-state index is 0.0256. The first-order valence-electron chi connectivity index (χ1n) is 18.7. The molecule has 1 aromatic heterocycles. The molecule has 6 rings (SSSR count). The Balaban J connectivity index is 1.51. The number of hydrogen-bond donors (Lipinski definition) is 2. The van der Waals surface area contributed by atoms with Crippen molar-refractivity contribution in [2.24, 2.45) is 0 Å². The molecule has 7 nitrogen and oxygen atoms in total. The summed E-state index contributed by atoms with van der Waals surface area (Å²) in [6.07, 6.45) is 21.2. The number of aryl methyl sites for hydroxylation is 1. The molecule has 0 unspecified atom stereocenters. The van der Waals surface area contributed by atoms with E-state index in [2.05, 4.69) is 52.9 Å². The number of para-hydroxylation sites is 2. The highest BCUT2D eigenvalue weighted by Crippen LogP contribution is 2.47. The average Bonchev–Trinajstić information content (AvgIpc) is 3.52. The molecule has 4 aromatic rings. The summed E-state index contributed by atoms with van der Waals surface area (Å²) < 4.78 is 64.0. The Labute approximate surface area is 336 Å². The number of pyridine rings is 1. The molecular weight excluding hydrogens is 757 g/mol. The molecule has 56 heavy (non-hydrogen) atoms. The van der Waals surface area contributed by atoms with Gasteiger partial charge in [-0.2, -0.15) is 25.6 Å². The van der Waals surface area contributed by atoms with Gasteiger partial charge in [-0.15, -0.1) is 0 Å². The number of anilines is 1. The van der Waals surface area contributed by atoms with Crippen LogP contribution in [0, 0.1) is 0 Å². The van der Waals surface area contributed by atoms with Crippen LogP contribution in [-0.4, -0.2) is 39.4 Å². The third kappa shape index (κ3) is 9.33. The fraction of sp³-hybridized carbons (Fsp3) is 0.196. The molecule has 2 heterocycles. The standard InChI is InChI=1S/C46H46N2O5S3/c1-3-4-5-16-35(2)56(52,53)46-42(29-27-38-25-23-36-17-6-10-21-44(36)47(38)31-12-14-33-54)40-19-8-9-20-41(40)43(46)30-28-39-26-24-37-18-7-11-22-45(37)48(39)32-13-15-34-55(49,50)51/h3-11,16-30H,2,12-15,31-34H2,1H3,(H-,49,50,51,54)/p+1/b4-3-,16-5-. The summed E-state index contributed by atoms with van der Waals surface area (Å²) in [4.78, 5) is 2.24. The van der Waals surface area contributed by atoms with Crippen molar-refractivity contribution >= 4 is 72.5 Å². The predicted molar refractivity (Wildman–Crippen MR) is 236 cm³/mol. The highest BCUT2D eigenvalue weighted by molar-refractivity contribution is 8.00. The van der Waals surface area contributed by atoms with E-state index in [-0.39, 0.29) is 15.6 Å². The molecule has 0 bridgehead atoms. The maximum atomic E-state index is 14.7. The van der Waals surface area contributed by atoms with E-state index in [0.717, 1.165) is 69.8 Å². The van der Waals surface area contributed by atoms with Gasteiger partial charge in [0.05, 0.1) is 15.6 Å². The van der Waals surface area contributed by atoms with Crippen molar-refractivity contribution in [3.8, 4) is 0 Å².